The van der Waals surface area contributed by atoms with E-state index in [-0.39, 0.29) is 25.1 Å². The van der Waals surface area contributed by atoms with Gasteiger partial charge in [0.05, 0.1) is 6.54 Å². The first-order valence-corrected chi connectivity index (χ1v) is 6.30. The van der Waals surface area contributed by atoms with Gasteiger partial charge in [-0.25, -0.2) is 4.79 Å². The number of hydrogen-bond donors (Lipinski definition) is 6. The van der Waals surface area contributed by atoms with E-state index in [1.165, 1.54) is 0 Å². The van der Waals surface area contributed by atoms with Crippen molar-refractivity contribution in [3.63, 3.8) is 0 Å². The van der Waals surface area contributed by atoms with E-state index in [1.807, 2.05) is 0 Å². The summed E-state index contributed by atoms with van der Waals surface area (Å²) in [7, 11) is 0. The molecule has 0 aliphatic rings. The first kappa shape index (κ1) is 18.2. The molecule has 0 aliphatic carbocycles. The molecule has 0 spiro atoms. The first-order chi connectivity index (χ1) is 9.31. The van der Waals surface area contributed by atoms with Crippen molar-refractivity contribution in [3.05, 3.63) is 0 Å². The largest absolute Gasteiger partial charge is 0.481 e. The first-order valence-electron chi connectivity index (χ1n) is 5.67. The van der Waals surface area contributed by atoms with Crippen LogP contribution in [0.5, 0.6) is 0 Å². The lowest BCUT2D eigenvalue weighted by Gasteiger charge is -2.20. The fourth-order valence-corrected chi connectivity index (χ4v) is 1.50. The molecule has 0 aromatic rings. The second-order valence-electron chi connectivity index (χ2n) is 3.84. The summed E-state index contributed by atoms with van der Waals surface area (Å²) in [4.78, 5) is 44.3. The average Bonchev–Trinajstić information content (AvgIpc) is 2.39. The van der Waals surface area contributed by atoms with Gasteiger partial charge in [0, 0.05) is 12.2 Å². The van der Waals surface area contributed by atoms with Gasteiger partial charge in [0.25, 0.3) is 0 Å². The number of carbonyl (C=O) groups is 4. The zero-order chi connectivity index (χ0) is 15.7. The molecule has 0 heterocycles. The number of carbonyl (C=O) groups excluding carboxylic acids is 2. The Kier molecular flexibility index (Phi) is 8.32. The van der Waals surface area contributed by atoms with E-state index in [0.717, 1.165) is 0 Å². The topological polar surface area (TPSA) is 159 Å². The lowest BCUT2D eigenvalue weighted by molar-refractivity contribution is -0.142. The third-order valence-electron chi connectivity index (χ3n) is 2.28. The van der Waals surface area contributed by atoms with E-state index in [2.05, 4.69) is 23.3 Å². The van der Waals surface area contributed by atoms with E-state index in [1.54, 1.807) is 0 Å². The zero-order valence-corrected chi connectivity index (χ0v) is 11.4. The quantitative estimate of drug-likeness (QED) is 0.263. The maximum atomic E-state index is 11.8. The van der Waals surface area contributed by atoms with Crippen LogP contribution < -0.4 is 16.4 Å². The van der Waals surface area contributed by atoms with E-state index >= 15 is 0 Å². The van der Waals surface area contributed by atoms with Gasteiger partial charge in [-0.2, -0.15) is 12.6 Å². The van der Waals surface area contributed by atoms with Gasteiger partial charge in [-0.05, 0) is 6.42 Å². The number of amides is 2. The zero-order valence-electron chi connectivity index (χ0n) is 10.5. The number of nitrogens with two attached hydrogens (primary N) is 1. The van der Waals surface area contributed by atoms with Crippen LogP contribution in [0.3, 0.4) is 0 Å². The van der Waals surface area contributed by atoms with Crippen LogP contribution in [0.2, 0.25) is 0 Å². The van der Waals surface area contributed by atoms with Crippen molar-refractivity contribution in [1.29, 1.82) is 0 Å². The van der Waals surface area contributed by atoms with Crippen molar-refractivity contribution < 1.29 is 29.4 Å². The number of carboxylic acid groups (broad SMARTS) is 2. The number of rotatable bonds is 9. The maximum Gasteiger partial charge on any atom is 0.327 e. The molecule has 20 heavy (non-hydrogen) atoms. The van der Waals surface area contributed by atoms with E-state index in [0.29, 0.717) is 0 Å². The van der Waals surface area contributed by atoms with Gasteiger partial charge in [-0.15, -0.1) is 0 Å². The monoisotopic (exact) mass is 307 g/mol. The van der Waals surface area contributed by atoms with E-state index in [4.69, 9.17) is 15.9 Å². The molecule has 0 aromatic heterocycles. The Balaban J connectivity index is 4.72. The fourth-order valence-electron chi connectivity index (χ4n) is 1.25. The Bertz CT molecular complexity index is 389. The van der Waals surface area contributed by atoms with Crippen molar-refractivity contribution >= 4 is 36.4 Å². The lowest BCUT2D eigenvalue weighted by atomic mass is 10.1. The molecule has 0 aliphatic heterocycles. The predicted octanol–water partition coefficient (Wildman–Crippen LogP) is -2.21. The van der Waals surface area contributed by atoms with Crippen LogP contribution in [0.15, 0.2) is 0 Å². The Morgan fingerprint density at radius 2 is 1.70 bits per heavy atom. The van der Waals surface area contributed by atoms with Crippen LogP contribution in [0.25, 0.3) is 0 Å². The molecule has 114 valence electrons. The molecule has 0 aromatic carbocycles. The average molecular weight is 307 g/mol. The molecule has 10 heteroatoms. The highest BCUT2D eigenvalue weighted by Gasteiger charge is 2.25. The Morgan fingerprint density at radius 3 is 2.10 bits per heavy atom. The second-order valence-corrected chi connectivity index (χ2v) is 4.20. The fraction of sp³-hybridized carbons (Fsp3) is 0.600. The normalized spacial score (nSPS) is 13.1. The van der Waals surface area contributed by atoms with Crippen molar-refractivity contribution in [2.75, 3.05) is 12.3 Å². The number of carboxylic acids is 2. The van der Waals surface area contributed by atoms with Crippen LogP contribution in [0.1, 0.15) is 12.8 Å². The summed E-state index contributed by atoms with van der Waals surface area (Å²) >= 11 is 3.77. The molecule has 0 radical (unpaired) electrons. The van der Waals surface area contributed by atoms with Crippen LogP contribution in [0, 0.1) is 0 Å². The molecule has 0 rings (SSSR count). The highest BCUT2D eigenvalue weighted by atomic mass is 32.1. The van der Waals surface area contributed by atoms with Crippen molar-refractivity contribution in [2.45, 2.75) is 24.9 Å². The van der Waals surface area contributed by atoms with Gasteiger partial charge in [-0.1, -0.05) is 0 Å². The van der Waals surface area contributed by atoms with Crippen molar-refractivity contribution in [2.24, 2.45) is 5.73 Å². The summed E-state index contributed by atoms with van der Waals surface area (Å²) in [6, 6.07) is -2.39. The molecule has 9 nitrogen and oxygen atoms in total. The minimum Gasteiger partial charge on any atom is -0.481 e. The van der Waals surface area contributed by atoms with Gasteiger partial charge in [0.15, 0.2) is 0 Å². The number of aliphatic carboxylic acids is 2. The van der Waals surface area contributed by atoms with Gasteiger partial charge in [-0.3, -0.25) is 14.4 Å². The second kappa shape index (κ2) is 9.15. The summed E-state index contributed by atoms with van der Waals surface area (Å²) in [5.41, 5.74) is 5.09. The van der Waals surface area contributed by atoms with Crippen LogP contribution in [-0.2, 0) is 19.2 Å². The third kappa shape index (κ3) is 6.95. The number of nitrogens with one attached hydrogen (secondary N) is 2. The molecule has 0 saturated carbocycles. The summed E-state index contributed by atoms with van der Waals surface area (Å²) in [6.45, 7) is -0.369. The summed E-state index contributed by atoms with van der Waals surface area (Å²) < 4.78 is 0. The van der Waals surface area contributed by atoms with E-state index < -0.39 is 35.8 Å². The highest BCUT2D eigenvalue weighted by Crippen LogP contribution is 2.00. The molecular weight excluding hydrogens is 290 g/mol. The van der Waals surface area contributed by atoms with Crippen LogP contribution >= 0.6 is 12.6 Å². The maximum absolute atomic E-state index is 11.8. The predicted molar refractivity (Wildman–Crippen MR) is 71.3 cm³/mol. The number of hydrogen-bond acceptors (Lipinski definition) is 6. The SMILES string of the molecule is NCC(=O)NC(CCC(=O)O)C(=O)NC(CS)C(=O)O. The number of thiol groups is 1. The molecule has 6 N–H and O–H groups in total. The van der Waals surface area contributed by atoms with Crippen molar-refractivity contribution in [3.8, 4) is 0 Å². The van der Waals surface area contributed by atoms with Crippen LogP contribution in [0.4, 0.5) is 0 Å². The van der Waals surface area contributed by atoms with Gasteiger partial charge >= 0.3 is 11.9 Å². The lowest BCUT2D eigenvalue weighted by Crippen LogP contribution is -2.53. The standard InChI is InChI=1S/C10H17N3O6S/c11-3-7(14)12-5(1-2-8(15)16)9(17)13-6(4-20)10(18)19/h5-6,20H,1-4,11H2,(H,12,14)(H,13,17)(H,15,16)(H,18,19). The minimum absolute atomic E-state index is 0.141. The van der Waals surface area contributed by atoms with Gasteiger partial charge in [0.2, 0.25) is 11.8 Å². The van der Waals surface area contributed by atoms with Gasteiger partial charge in [0.1, 0.15) is 12.1 Å². The molecular formula is C10H17N3O6S. The smallest absolute Gasteiger partial charge is 0.327 e. The summed E-state index contributed by atoms with van der Waals surface area (Å²) in [5, 5.41) is 21.8. The van der Waals surface area contributed by atoms with Crippen LogP contribution in [-0.4, -0.2) is 58.3 Å². The third-order valence-corrected chi connectivity index (χ3v) is 2.65. The van der Waals surface area contributed by atoms with Gasteiger partial charge < -0.3 is 26.6 Å². The molecule has 0 saturated heterocycles. The molecule has 2 amide bonds. The molecule has 2 atom stereocenters. The Hall–Kier alpha value is -1.81. The Labute approximate surface area is 120 Å². The molecule has 2 unspecified atom stereocenters. The van der Waals surface area contributed by atoms with Crippen molar-refractivity contribution in [1.82, 2.24) is 10.6 Å². The molecule has 0 fully saturated rings. The summed E-state index contributed by atoms with van der Waals surface area (Å²) in [5.74, 6) is -4.01. The Morgan fingerprint density at radius 1 is 1.10 bits per heavy atom. The van der Waals surface area contributed by atoms with E-state index in [9.17, 15) is 19.2 Å². The highest BCUT2D eigenvalue weighted by molar-refractivity contribution is 7.80. The minimum atomic E-state index is -1.28. The summed E-state index contributed by atoms with van der Waals surface area (Å²) in [6.07, 6.45) is -0.534. The molecule has 0 bridgehead atoms.